The second kappa shape index (κ2) is 10.4. The minimum absolute atomic E-state index is 0.0521. The van der Waals surface area contributed by atoms with Gasteiger partial charge >= 0.3 is 5.97 Å². The number of halogens is 2. The highest BCUT2D eigenvalue weighted by molar-refractivity contribution is 7.20. The van der Waals surface area contributed by atoms with Gasteiger partial charge in [-0.15, -0.1) is 11.3 Å². The van der Waals surface area contributed by atoms with Gasteiger partial charge in [0.1, 0.15) is 0 Å². The number of ether oxygens (including phenoxy) is 2. The van der Waals surface area contributed by atoms with Crippen LogP contribution in [-0.2, 0) is 9.53 Å². The van der Waals surface area contributed by atoms with E-state index in [1.807, 2.05) is 0 Å². The third-order valence-corrected chi connectivity index (χ3v) is 5.65. The lowest BCUT2D eigenvalue weighted by Crippen LogP contribution is -2.16. The van der Waals surface area contributed by atoms with Crippen molar-refractivity contribution in [1.29, 1.82) is 0 Å². The molecule has 0 aliphatic heterocycles. The Labute approximate surface area is 195 Å². The predicted octanol–water partition coefficient (Wildman–Crippen LogP) is 4.82. The topological polar surface area (TPSA) is 120 Å². The van der Waals surface area contributed by atoms with Gasteiger partial charge in [0.2, 0.25) is 0 Å². The first-order chi connectivity index (χ1) is 15.3. The van der Waals surface area contributed by atoms with Gasteiger partial charge < -0.3 is 9.47 Å². The van der Waals surface area contributed by atoms with Crippen molar-refractivity contribution in [2.24, 2.45) is 5.10 Å². The van der Waals surface area contributed by atoms with Crippen LogP contribution in [-0.4, -0.2) is 36.2 Å². The molecule has 0 unspecified atom stereocenters. The monoisotopic (exact) mass is 495 g/mol. The molecular weight excluding hydrogens is 481 g/mol. The number of amides is 1. The van der Waals surface area contributed by atoms with Crippen molar-refractivity contribution in [2.75, 3.05) is 13.2 Å². The summed E-state index contributed by atoms with van der Waals surface area (Å²) < 4.78 is 10.8. The molecule has 0 saturated carbocycles. The lowest BCUT2D eigenvalue weighted by molar-refractivity contribution is -0.384. The number of nitro benzene ring substituents is 1. The molecule has 166 valence electrons. The molecule has 0 atom stereocenters. The minimum Gasteiger partial charge on any atom is -0.479 e. The zero-order valence-corrected chi connectivity index (χ0v) is 18.8. The van der Waals surface area contributed by atoms with Crippen LogP contribution in [0.15, 0.2) is 41.5 Å². The first kappa shape index (κ1) is 23.5. The summed E-state index contributed by atoms with van der Waals surface area (Å²) in [6.45, 7) is 1.57. The third kappa shape index (κ3) is 5.72. The predicted molar refractivity (Wildman–Crippen MR) is 122 cm³/mol. The normalized spacial score (nSPS) is 11.0. The number of hydrogen-bond donors (Lipinski definition) is 1. The molecule has 0 bridgehead atoms. The molecule has 0 saturated heterocycles. The van der Waals surface area contributed by atoms with Crippen LogP contribution in [0.1, 0.15) is 22.2 Å². The fourth-order valence-electron chi connectivity index (χ4n) is 2.60. The first-order valence-corrected chi connectivity index (χ1v) is 10.6. The van der Waals surface area contributed by atoms with Crippen molar-refractivity contribution in [3.05, 3.63) is 67.0 Å². The standard InChI is InChI=1S/C20H15Cl2N3O6S/c1-2-30-18(26)10-31-19-14(21)5-11(6-15(19)22)9-23-24-20(27)17-8-12-7-13(25(28)29)3-4-16(12)32-17/h3-9H,2,10H2,1H3,(H,24,27)/b23-9-. The first-order valence-electron chi connectivity index (χ1n) is 9.07. The number of nitro groups is 1. The second-order valence-electron chi connectivity index (χ2n) is 6.20. The molecule has 0 aliphatic rings. The molecule has 0 spiro atoms. The van der Waals surface area contributed by atoms with E-state index in [-0.39, 0.29) is 34.7 Å². The molecule has 9 nitrogen and oxygen atoms in total. The average Bonchev–Trinajstić information content (AvgIpc) is 3.16. The van der Waals surface area contributed by atoms with Gasteiger partial charge in [-0.25, -0.2) is 10.2 Å². The van der Waals surface area contributed by atoms with Crippen molar-refractivity contribution >= 4 is 68.4 Å². The van der Waals surface area contributed by atoms with E-state index < -0.39 is 16.8 Å². The maximum atomic E-state index is 12.3. The Balaban J connectivity index is 1.66. The van der Waals surface area contributed by atoms with E-state index in [4.69, 9.17) is 32.7 Å². The lowest BCUT2D eigenvalue weighted by Gasteiger charge is -2.10. The van der Waals surface area contributed by atoms with Gasteiger partial charge in [-0.1, -0.05) is 23.2 Å². The van der Waals surface area contributed by atoms with Crippen LogP contribution in [0, 0.1) is 10.1 Å². The van der Waals surface area contributed by atoms with Crippen molar-refractivity contribution in [1.82, 2.24) is 5.43 Å². The van der Waals surface area contributed by atoms with E-state index in [2.05, 4.69) is 10.5 Å². The summed E-state index contributed by atoms with van der Waals surface area (Å²) in [7, 11) is 0. The fourth-order valence-corrected chi connectivity index (χ4v) is 4.15. The Kier molecular flexibility index (Phi) is 7.62. The summed E-state index contributed by atoms with van der Waals surface area (Å²) in [5.41, 5.74) is 2.81. The average molecular weight is 496 g/mol. The number of esters is 1. The third-order valence-electron chi connectivity index (χ3n) is 3.97. The highest BCUT2D eigenvalue weighted by atomic mass is 35.5. The molecule has 2 aromatic carbocycles. The van der Waals surface area contributed by atoms with E-state index in [1.54, 1.807) is 19.1 Å². The summed E-state index contributed by atoms with van der Waals surface area (Å²) in [4.78, 5) is 34.5. The molecule has 1 aromatic heterocycles. The quantitative estimate of drug-likeness (QED) is 0.207. The van der Waals surface area contributed by atoms with Crippen LogP contribution in [0.25, 0.3) is 10.1 Å². The van der Waals surface area contributed by atoms with Crippen LogP contribution in [0.3, 0.4) is 0 Å². The van der Waals surface area contributed by atoms with Crippen LogP contribution >= 0.6 is 34.5 Å². The highest BCUT2D eigenvalue weighted by Crippen LogP contribution is 2.34. The molecule has 0 radical (unpaired) electrons. The highest BCUT2D eigenvalue weighted by Gasteiger charge is 2.14. The fraction of sp³-hybridized carbons (Fsp3) is 0.150. The van der Waals surface area contributed by atoms with Gasteiger partial charge in [-0.05, 0) is 36.8 Å². The number of fused-ring (bicyclic) bond motifs is 1. The Morgan fingerprint density at radius 3 is 2.59 bits per heavy atom. The number of hydrazone groups is 1. The van der Waals surface area contributed by atoms with Gasteiger partial charge in [-0.2, -0.15) is 5.10 Å². The SMILES string of the molecule is CCOC(=O)COc1c(Cl)cc(/C=N\NC(=O)c2cc3cc([N+](=O)[O-])ccc3s2)cc1Cl. The van der Waals surface area contributed by atoms with Crippen molar-refractivity contribution in [2.45, 2.75) is 6.92 Å². The number of thiophene rings is 1. The Morgan fingerprint density at radius 1 is 1.22 bits per heavy atom. The minimum atomic E-state index is -0.552. The summed E-state index contributed by atoms with van der Waals surface area (Å²) in [5, 5.41) is 15.7. The molecule has 3 rings (SSSR count). The molecule has 3 aromatic rings. The number of non-ortho nitro benzene ring substituents is 1. The largest absolute Gasteiger partial charge is 0.479 e. The Hall–Kier alpha value is -3.21. The molecule has 0 aliphatic carbocycles. The van der Waals surface area contributed by atoms with Crippen LogP contribution in [0.5, 0.6) is 5.75 Å². The van der Waals surface area contributed by atoms with Gasteiger partial charge in [0, 0.05) is 22.2 Å². The zero-order valence-electron chi connectivity index (χ0n) is 16.5. The molecule has 32 heavy (non-hydrogen) atoms. The number of carbonyl (C=O) groups is 2. The van der Waals surface area contributed by atoms with Crippen molar-refractivity contribution in [3.8, 4) is 5.75 Å². The smallest absolute Gasteiger partial charge is 0.344 e. The summed E-state index contributed by atoms with van der Waals surface area (Å²) >= 11 is 13.5. The van der Waals surface area contributed by atoms with Crippen molar-refractivity contribution < 1.29 is 24.0 Å². The zero-order chi connectivity index (χ0) is 23.3. The van der Waals surface area contributed by atoms with Crippen LogP contribution in [0.4, 0.5) is 5.69 Å². The molecule has 1 heterocycles. The van der Waals surface area contributed by atoms with Crippen molar-refractivity contribution in [3.63, 3.8) is 0 Å². The maximum Gasteiger partial charge on any atom is 0.344 e. The van der Waals surface area contributed by atoms with Crippen LogP contribution < -0.4 is 10.2 Å². The van der Waals surface area contributed by atoms with Gasteiger partial charge in [0.25, 0.3) is 11.6 Å². The molecule has 12 heteroatoms. The maximum absolute atomic E-state index is 12.3. The summed E-state index contributed by atoms with van der Waals surface area (Å²) in [6.07, 6.45) is 1.34. The number of hydrogen-bond acceptors (Lipinski definition) is 8. The van der Waals surface area contributed by atoms with Gasteiger partial charge in [0.05, 0.1) is 32.7 Å². The summed E-state index contributed by atoms with van der Waals surface area (Å²) in [5.74, 6) is -0.901. The van der Waals surface area contributed by atoms with E-state index in [0.717, 1.165) is 4.70 Å². The van der Waals surface area contributed by atoms with E-state index in [0.29, 0.717) is 15.8 Å². The molecule has 0 fully saturated rings. The number of benzene rings is 2. The van der Waals surface area contributed by atoms with Crippen LogP contribution in [0.2, 0.25) is 10.0 Å². The van der Waals surface area contributed by atoms with E-state index >= 15 is 0 Å². The van der Waals surface area contributed by atoms with E-state index in [9.17, 15) is 19.7 Å². The lowest BCUT2D eigenvalue weighted by atomic mass is 10.2. The van der Waals surface area contributed by atoms with Gasteiger partial charge in [-0.3, -0.25) is 14.9 Å². The molecule has 1 amide bonds. The Morgan fingerprint density at radius 2 is 1.94 bits per heavy atom. The summed E-state index contributed by atoms with van der Waals surface area (Å²) in [6, 6.07) is 8.94. The molecule has 1 N–H and O–H groups in total. The molecular formula is C20H15Cl2N3O6S. The second-order valence-corrected chi connectivity index (χ2v) is 8.09. The number of carbonyl (C=O) groups excluding carboxylic acids is 2. The number of nitrogens with zero attached hydrogens (tertiary/aromatic N) is 2. The number of rotatable bonds is 8. The van der Waals surface area contributed by atoms with E-state index in [1.165, 1.54) is 41.8 Å². The van der Waals surface area contributed by atoms with Gasteiger partial charge in [0.15, 0.2) is 12.4 Å². The number of nitrogens with one attached hydrogen (secondary N) is 1. The Bertz CT molecular complexity index is 1200.